The van der Waals surface area contributed by atoms with Crippen LogP contribution in [0, 0.1) is 5.41 Å². The number of aliphatic carboxylic acids is 1. The van der Waals surface area contributed by atoms with Crippen molar-refractivity contribution in [1.29, 1.82) is 0 Å². The molecule has 1 aliphatic rings. The Morgan fingerprint density at radius 1 is 1.42 bits per heavy atom. The number of ether oxygens (including phenoxy) is 1. The fraction of sp³-hybridized carbons (Fsp3) is 0.533. The van der Waals surface area contributed by atoms with Crippen LogP contribution in [0.1, 0.15) is 44.9 Å². The summed E-state index contributed by atoms with van der Waals surface area (Å²) in [5.41, 5.74) is -0.00489. The molecule has 0 fully saturated rings. The second-order valence-corrected chi connectivity index (χ2v) is 6.30. The minimum absolute atomic E-state index is 0.314. The average Bonchev–Trinajstić information content (AvgIpc) is 2.61. The molecule has 19 heavy (non-hydrogen) atoms. The highest BCUT2D eigenvalue weighted by Gasteiger charge is 2.41. The molecule has 0 spiro atoms. The Labute approximate surface area is 113 Å². The molecular formula is C15H20O4. The number of benzene rings is 1. The van der Waals surface area contributed by atoms with Crippen molar-refractivity contribution in [3.8, 4) is 5.75 Å². The smallest absolute Gasteiger partial charge is 0.312 e. The van der Waals surface area contributed by atoms with Crippen molar-refractivity contribution in [2.45, 2.75) is 45.8 Å². The van der Waals surface area contributed by atoms with Crippen molar-refractivity contribution in [3.63, 3.8) is 0 Å². The van der Waals surface area contributed by atoms with E-state index >= 15 is 0 Å². The maximum atomic E-state index is 11.3. The zero-order valence-electron chi connectivity index (χ0n) is 11.7. The van der Waals surface area contributed by atoms with Crippen LogP contribution in [0.25, 0.3) is 0 Å². The Balaban J connectivity index is 2.44. The molecule has 1 aromatic carbocycles. The van der Waals surface area contributed by atoms with Gasteiger partial charge in [-0.15, -0.1) is 0 Å². The molecule has 0 saturated heterocycles. The Hall–Kier alpha value is -1.55. The maximum Gasteiger partial charge on any atom is 0.312 e. The third-order valence-corrected chi connectivity index (χ3v) is 3.65. The van der Waals surface area contributed by atoms with Crippen LogP contribution >= 0.6 is 0 Å². The van der Waals surface area contributed by atoms with Gasteiger partial charge in [-0.2, -0.15) is 0 Å². The molecule has 2 N–H and O–H groups in total. The van der Waals surface area contributed by atoms with Gasteiger partial charge in [0.1, 0.15) is 11.4 Å². The van der Waals surface area contributed by atoms with E-state index in [0.717, 1.165) is 12.0 Å². The molecule has 2 rings (SSSR count). The van der Waals surface area contributed by atoms with Gasteiger partial charge in [0, 0.05) is 12.0 Å². The van der Waals surface area contributed by atoms with Crippen LogP contribution in [-0.2, 0) is 11.2 Å². The zero-order chi connectivity index (χ0) is 14.4. The van der Waals surface area contributed by atoms with Crippen LogP contribution in [0.15, 0.2) is 18.2 Å². The number of hydrogen-bond acceptors (Lipinski definition) is 3. The third-order valence-electron chi connectivity index (χ3n) is 3.65. The lowest BCUT2D eigenvalue weighted by Crippen LogP contribution is -2.31. The van der Waals surface area contributed by atoms with Crippen LogP contribution < -0.4 is 4.74 Å². The number of carboxylic acid groups (broad SMARTS) is 1. The number of aliphatic hydroxyl groups is 1. The van der Waals surface area contributed by atoms with Crippen molar-refractivity contribution in [3.05, 3.63) is 29.3 Å². The first-order chi connectivity index (χ1) is 8.65. The van der Waals surface area contributed by atoms with Crippen LogP contribution in [0.2, 0.25) is 0 Å². The van der Waals surface area contributed by atoms with Crippen LogP contribution in [0.4, 0.5) is 0 Å². The van der Waals surface area contributed by atoms with E-state index < -0.39 is 17.5 Å². The first kappa shape index (κ1) is 13.9. The molecule has 1 heterocycles. The number of para-hydroxylation sites is 1. The van der Waals surface area contributed by atoms with Crippen molar-refractivity contribution in [2.24, 2.45) is 5.41 Å². The Kier molecular flexibility index (Phi) is 3.09. The highest BCUT2D eigenvalue weighted by Crippen LogP contribution is 2.44. The lowest BCUT2D eigenvalue weighted by molar-refractivity contribution is -0.153. The maximum absolute atomic E-state index is 11.3. The normalized spacial score (nSPS) is 18.6. The molecule has 1 unspecified atom stereocenters. The van der Waals surface area contributed by atoms with E-state index in [-0.39, 0.29) is 5.60 Å². The number of rotatable bonds is 3. The van der Waals surface area contributed by atoms with E-state index in [0.29, 0.717) is 11.3 Å². The van der Waals surface area contributed by atoms with Crippen molar-refractivity contribution < 1.29 is 19.7 Å². The molecule has 1 aromatic rings. The van der Waals surface area contributed by atoms with Crippen LogP contribution in [-0.4, -0.2) is 21.8 Å². The van der Waals surface area contributed by atoms with E-state index in [1.807, 2.05) is 26.0 Å². The monoisotopic (exact) mass is 264 g/mol. The topological polar surface area (TPSA) is 66.8 Å². The number of carboxylic acids is 1. The van der Waals surface area contributed by atoms with Gasteiger partial charge in [0.25, 0.3) is 0 Å². The van der Waals surface area contributed by atoms with Gasteiger partial charge in [-0.3, -0.25) is 4.79 Å². The summed E-state index contributed by atoms with van der Waals surface area (Å²) in [7, 11) is 0. The SMILES string of the molecule is CC1(C)Cc2cccc(C(O)C(C)(C)C(=O)O)c2O1. The van der Waals surface area contributed by atoms with Gasteiger partial charge < -0.3 is 14.9 Å². The van der Waals surface area contributed by atoms with Crippen LogP contribution in [0.3, 0.4) is 0 Å². The highest BCUT2D eigenvalue weighted by molar-refractivity contribution is 5.75. The molecule has 0 bridgehead atoms. The van der Waals surface area contributed by atoms with Gasteiger partial charge in [-0.25, -0.2) is 0 Å². The molecule has 0 saturated carbocycles. The van der Waals surface area contributed by atoms with Crippen molar-refractivity contribution in [2.75, 3.05) is 0 Å². The third kappa shape index (κ3) is 2.32. The quantitative estimate of drug-likeness (QED) is 0.880. The van der Waals surface area contributed by atoms with E-state index in [1.54, 1.807) is 6.07 Å². The number of carbonyl (C=O) groups is 1. The summed E-state index contributed by atoms with van der Waals surface area (Å²) >= 11 is 0. The Bertz CT molecular complexity index is 517. The number of aliphatic hydroxyl groups excluding tert-OH is 1. The summed E-state index contributed by atoms with van der Waals surface area (Å²) < 4.78 is 5.87. The Morgan fingerprint density at radius 3 is 2.63 bits per heavy atom. The molecular weight excluding hydrogens is 244 g/mol. The molecule has 1 aliphatic heterocycles. The van der Waals surface area contributed by atoms with Crippen molar-refractivity contribution in [1.82, 2.24) is 0 Å². The molecule has 0 aromatic heterocycles. The largest absolute Gasteiger partial charge is 0.487 e. The number of fused-ring (bicyclic) bond motifs is 1. The van der Waals surface area contributed by atoms with E-state index in [1.165, 1.54) is 13.8 Å². The van der Waals surface area contributed by atoms with Gasteiger partial charge in [0.15, 0.2) is 0 Å². The minimum Gasteiger partial charge on any atom is -0.487 e. The summed E-state index contributed by atoms with van der Waals surface area (Å²) in [5, 5.41) is 19.6. The lowest BCUT2D eigenvalue weighted by atomic mass is 9.82. The fourth-order valence-corrected chi connectivity index (χ4v) is 2.36. The average molecular weight is 264 g/mol. The molecule has 1 atom stereocenters. The standard InChI is InChI=1S/C15H20O4/c1-14(2)8-9-6-5-7-10(11(9)19-14)12(16)15(3,4)13(17)18/h5-7,12,16H,8H2,1-4H3,(H,17,18). The first-order valence-corrected chi connectivity index (χ1v) is 6.37. The predicted molar refractivity (Wildman–Crippen MR) is 71.2 cm³/mol. The van der Waals surface area contributed by atoms with Gasteiger partial charge in [0.2, 0.25) is 0 Å². The summed E-state index contributed by atoms with van der Waals surface area (Å²) in [6.07, 6.45) is -0.343. The predicted octanol–water partition coefficient (Wildman–Crippen LogP) is 2.54. The molecule has 4 nitrogen and oxygen atoms in total. The summed E-state index contributed by atoms with van der Waals surface area (Å²) in [6, 6.07) is 5.52. The summed E-state index contributed by atoms with van der Waals surface area (Å²) in [4.78, 5) is 11.3. The van der Waals surface area contributed by atoms with Gasteiger partial charge >= 0.3 is 5.97 Å². The minimum atomic E-state index is -1.26. The van der Waals surface area contributed by atoms with Gasteiger partial charge in [-0.1, -0.05) is 18.2 Å². The Morgan fingerprint density at radius 2 is 2.05 bits per heavy atom. The van der Waals surface area contributed by atoms with E-state index in [4.69, 9.17) is 4.74 Å². The second-order valence-electron chi connectivity index (χ2n) is 6.30. The molecule has 104 valence electrons. The molecule has 0 aliphatic carbocycles. The second kappa shape index (κ2) is 4.23. The van der Waals surface area contributed by atoms with Gasteiger partial charge in [-0.05, 0) is 33.3 Å². The van der Waals surface area contributed by atoms with Crippen molar-refractivity contribution >= 4 is 5.97 Å². The van der Waals surface area contributed by atoms with Gasteiger partial charge in [0.05, 0.1) is 11.5 Å². The lowest BCUT2D eigenvalue weighted by Gasteiger charge is -2.28. The van der Waals surface area contributed by atoms with E-state index in [9.17, 15) is 15.0 Å². The summed E-state index contributed by atoms with van der Waals surface area (Å²) in [6.45, 7) is 6.98. The number of hydrogen-bond donors (Lipinski definition) is 2. The molecule has 0 amide bonds. The molecule has 4 heteroatoms. The first-order valence-electron chi connectivity index (χ1n) is 6.37. The molecule has 0 radical (unpaired) electrons. The van der Waals surface area contributed by atoms with Crippen LogP contribution in [0.5, 0.6) is 5.75 Å². The summed E-state index contributed by atoms with van der Waals surface area (Å²) in [5.74, 6) is -0.399. The fourth-order valence-electron chi connectivity index (χ4n) is 2.36. The highest BCUT2D eigenvalue weighted by atomic mass is 16.5. The van der Waals surface area contributed by atoms with E-state index in [2.05, 4.69) is 0 Å². The zero-order valence-corrected chi connectivity index (χ0v) is 11.7.